The summed E-state index contributed by atoms with van der Waals surface area (Å²) >= 11 is 1.39. The molecule has 21 heteroatoms. The monoisotopic (exact) mass is 933 g/mol. The van der Waals surface area contributed by atoms with Crippen molar-refractivity contribution >= 4 is 52.4 Å². The van der Waals surface area contributed by atoms with Crippen molar-refractivity contribution in [1.82, 2.24) is 46.0 Å². The van der Waals surface area contributed by atoms with E-state index in [-0.39, 0.29) is 37.2 Å². The molecule has 0 bridgehead atoms. The molecule has 1 aliphatic heterocycles. The number of aliphatic hydroxyl groups is 1. The molecule has 7 atom stereocenters. The summed E-state index contributed by atoms with van der Waals surface area (Å²) in [7, 11) is 1.49. The molecule has 1 aliphatic rings. The molecule has 5 rings (SSSR count). The van der Waals surface area contributed by atoms with Gasteiger partial charge in [0.25, 0.3) is 5.56 Å². The standard InChI is InChI=1S/C45H59N9O11S/c1-5-6-9-17-46-34(21-27-11-10-12-29(55)20-27)41(60)53(3)26(2)38(40(59)48-25-30-23-36(56)42(65-30)54-18-15-37(57)51-45(54)64)52-39(58)33(16-19-66-4)49-44(63)50-35(43(61)62)22-28-24-47-32-14-8-7-13-31(28)32/h7-8,10-15,18,20,24-26,33-36,38,42,46-47,55-56H,5-6,9,16-17,19,21-23H2,1-4H3,(H,48,59)(H,52,58)(H,61,62)(H2,49,50,63)(H,51,57,64)/b30-25+/t26?,33?,34?,35?,36-,38?,42-/m1/s1. The molecule has 0 radical (unpaired) electrons. The first-order valence-corrected chi connectivity index (χ1v) is 23.1. The van der Waals surface area contributed by atoms with Crippen molar-refractivity contribution in [1.29, 1.82) is 0 Å². The van der Waals surface area contributed by atoms with E-state index in [4.69, 9.17) is 4.74 Å². The number of urea groups is 1. The van der Waals surface area contributed by atoms with Gasteiger partial charge in [0, 0.05) is 55.5 Å². The van der Waals surface area contributed by atoms with Gasteiger partial charge in [-0.25, -0.2) is 14.4 Å². The summed E-state index contributed by atoms with van der Waals surface area (Å²) in [5.41, 5.74) is 0.662. The summed E-state index contributed by atoms with van der Waals surface area (Å²) in [5, 5.41) is 45.4. The number of carboxylic acids is 1. The number of carbonyl (C=O) groups excluding carboxylic acids is 4. The Morgan fingerprint density at radius 3 is 2.45 bits per heavy atom. The lowest BCUT2D eigenvalue weighted by atomic mass is 10.0. The highest BCUT2D eigenvalue weighted by atomic mass is 32.2. The third-order valence-electron chi connectivity index (χ3n) is 11.3. The molecule has 20 nitrogen and oxygen atoms in total. The van der Waals surface area contributed by atoms with Crippen LogP contribution in [0.5, 0.6) is 5.75 Å². The molecule has 10 N–H and O–H groups in total. The number of hydrogen-bond acceptors (Lipinski definition) is 12. The third-order valence-corrected chi connectivity index (χ3v) is 11.9. The summed E-state index contributed by atoms with van der Waals surface area (Å²) in [4.78, 5) is 99.3. The first-order valence-electron chi connectivity index (χ1n) is 21.7. The maximum atomic E-state index is 14.4. The second-order valence-electron chi connectivity index (χ2n) is 16.1. The van der Waals surface area contributed by atoms with Crippen LogP contribution in [0.4, 0.5) is 4.79 Å². The van der Waals surface area contributed by atoms with Crippen LogP contribution in [-0.2, 0) is 36.8 Å². The van der Waals surface area contributed by atoms with Gasteiger partial charge >= 0.3 is 17.7 Å². The number of nitrogens with one attached hydrogen (secondary N) is 7. The summed E-state index contributed by atoms with van der Waals surface area (Å²) in [6, 6.07) is 8.01. The minimum absolute atomic E-state index is 0.0295. The van der Waals surface area contributed by atoms with Crippen LogP contribution in [0.2, 0.25) is 0 Å². The molecule has 66 heavy (non-hydrogen) atoms. The highest BCUT2D eigenvalue weighted by Crippen LogP contribution is 2.30. The number of aliphatic hydroxyl groups excluding tert-OH is 1. The van der Waals surface area contributed by atoms with E-state index in [1.807, 2.05) is 24.3 Å². The molecule has 2 aromatic heterocycles. The fourth-order valence-electron chi connectivity index (χ4n) is 7.52. The van der Waals surface area contributed by atoms with Crippen LogP contribution in [0.3, 0.4) is 0 Å². The van der Waals surface area contributed by atoms with E-state index < -0.39 is 83.5 Å². The number of phenols is 1. The van der Waals surface area contributed by atoms with Crippen molar-refractivity contribution in [3.63, 3.8) is 0 Å². The SMILES string of the molecule is CCCCCNC(Cc1cccc(O)c1)C(=O)N(C)C(C)C(NC(=O)C(CCSC)NC(=O)NC(Cc1c[nH]c2ccccc12)C(=O)O)C(=O)N/C=C1\C[C@@H](O)[C@H](n2ccc(=O)[nH]c2=O)O1. The normalized spacial score (nSPS) is 17.5. The van der Waals surface area contributed by atoms with Gasteiger partial charge in [-0.1, -0.05) is 50.1 Å². The fourth-order valence-corrected chi connectivity index (χ4v) is 7.99. The van der Waals surface area contributed by atoms with E-state index in [1.54, 1.807) is 37.6 Å². The molecule has 1 fully saturated rings. The lowest BCUT2D eigenvalue weighted by Crippen LogP contribution is -2.62. The number of benzene rings is 2. The Morgan fingerprint density at radius 2 is 1.74 bits per heavy atom. The Balaban J connectivity index is 1.38. The number of aromatic nitrogens is 3. The maximum Gasteiger partial charge on any atom is 0.331 e. The van der Waals surface area contributed by atoms with Crippen molar-refractivity contribution in [3.8, 4) is 5.75 Å². The smallest absolute Gasteiger partial charge is 0.331 e. The molecule has 0 aliphatic carbocycles. The molecular formula is C45H59N9O11S. The number of aromatic hydroxyl groups is 1. The zero-order valence-corrected chi connectivity index (χ0v) is 38.1. The predicted molar refractivity (Wildman–Crippen MR) is 247 cm³/mol. The van der Waals surface area contributed by atoms with Crippen LogP contribution >= 0.6 is 11.8 Å². The second kappa shape index (κ2) is 24.1. The van der Waals surface area contributed by atoms with Gasteiger partial charge in [-0.15, -0.1) is 0 Å². The number of aromatic amines is 2. The number of phenolic OH excluding ortho intramolecular Hbond substituents is 1. The molecule has 0 saturated carbocycles. The van der Waals surface area contributed by atoms with Crippen LogP contribution in [0, 0.1) is 0 Å². The number of amides is 5. The number of fused-ring (bicyclic) bond motifs is 1. The number of ether oxygens (including phenoxy) is 1. The molecule has 5 unspecified atom stereocenters. The quantitative estimate of drug-likeness (QED) is 0.0476. The highest BCUT2D eigenvalue weighted by Gasteiger charge is 2.37. The summed E-state index contributed by atoms with van der Waals surface area (Å²) in [6.07, 6.45) is 6.03. The average Bonchev–Trinajstić information content (AvgIpc) is 3.88. The van der Waals surface area contributed by atoms with Gasteiger partial charge in [-0.3, -0.25) is 28.7 Å². The van der Waals surface area contributed by atoms with Crippen LogP contribution in [0.1, 0.15) is 63.3 Å². The summed E-state index contributed by atoms with van der Waals surface area (Å²) < 4.78 is 6.77. The van der Waals surface area contributed by atoms with Crippen molar-refractivity contribution in [3.05, 3.63) is 111 Å². The number of para-hydroxylation sites is 1. The number of unbranched alkanes of at least 4 members (excludes halogenated alkanes) is 2. The van der Waals surface area contributed by atoms with Crippen LogP contribution in [-0.4, -0.2) is 126 Å². The van der Waals surface area contributed by atoms with E-state index in [0.717, 1.165) is 53.2 Å². The molecule has 356 valence electrons. The van der Waals surface area contributed by atoms with E-state index in [9.17, 15) is 48.9 Å². The Bertz CT molecular complexity index is 2470. The first-order chi connectivity index (χ1) is 31.6. The second-order valence-corrected chi connectivity index (χ2v) is 17.1. The van der Waals surface area contributed by atoms with Crippen molar-refractivity contribution < 1.29 is 44.0 Å². The number of likely N-dealkylation sites (N-methyl/N-ethyl adjacent to an activating group) is 1. The molecule has 2 aromatic carbocycles. The van der Waals surface area contributed by atoms with Crippen LogP contribution in [0.15, 0.2) is 88.5 Å². The topological polar surface area (TPSA) is 289 Å². The molecule has 3 heterocycles. The highest BCUT2D eigenvalue weighted by molar-refractivity contribution is 7.98. The van der Waals surface area contributed by atoms with E-state index >= 15 is 0 Å². The van der Waals surface area contributed by atoms with Gasteiger partial charge in [-0.2, -0.15) is 11.8 Å². The number of hydrogen-bond donors (Lipinski definition) is 10. The zero-order valence-electron chi connectivity index (χ0n) is 37.2. The van der Waals surface area contributed by atoms with Gasteiger partial charge in [-0.05, 0) is 74.1 Å². The zero-order chi connectivity index (χ0) is 47.9. The Labute approximate surface area is 385 Å². The third kappa shape index (κ3) is 13.7. The van der Waals surface area contributed by atoms with Crippen molar-refractivity contribution in [2.24, 2.45) is 0 Å². The molecule has 4 aromatic rings. The number of carbonyl (C=O) groups is 5. The number of H-pyrrole nitrogens is 2. The molecule has 0 spiro atoms. The fraction of sp³-hybridized carbons (Fsp3) is 0.444. The van der Waals surface area contributed by atoms with Crippen molar-refractivity contribution in [2.75, 3.05) is 25.6 Å². The van der Waals surface area contributed by atoms with E-state index in [2.05, 4.69) is 43.5 Å². The number of rotatable bonds is 23. The lowest BCUT2D eigenvalue weighted by molar-refractivity contribution is -0.139. The van der Waals surface area contributed by atoms with Gasteiger partial charge in [0.2, 0.25) is 23.9 Å². The van der Waals surface area contributed by atoms with Crippen molar-refractivity contribution in [2.45, 2.75) is 101 Å². The van der Waals surface area contributed by atoms with Gasteiger partial charge in [0.05, 0.1) is 12.1 Å². The number of nitrogens with zero attached hydrogens (tertiary/aromatic N) is 2. The minimum atomic E-state index is -1.48. The minimum Gasteiger partial charge on any atom is -0.508 e. The Kier molecular flexibility index (Phi) is 18.4. The van der Waals surface area contributed by atoms with E-state index in [1.165, 1.54) is 29.8 Å². The first kappa shape index (κ1) is 50.4. The lowest BCUT2D eigenvalue weighted by Gasteiger charge is -2.35. The maximum absolute atomic E-state index is 14.4. The molecular weight excluding hydrogens is 875 g/mol. The average molecular weight is 934 g/mol. The van der Waals surface area contributed by atoms with Crippen LogP contribution in [0.25, 0.3) is 10.9 Å². The Morgan fingerprint density at radius 1 is 0.985 bits per heavy atom. The summed E-state index contributed by atoms with van der Waals surface area (Å²) in [6.45, 7) is 4.12. The largest absolute Gasteiger partial charge is 0.508 e. The molecule has 5 amide bonds. The van der Waals surface area contributed by atoms with Gasteiger partial charge in [0.1, 0.15) is 35.7 Å². The summed E-state index contributed by atoms with van der Waals surface area (Å²) in [5.74, 6) is -2.87. The number of thioether (sulfide) groups is 1. The van der Waals surface area contributed by atoms with Gasteiger partial charge < -0.3 is 56.5 Å². The number of carboxylic acid groups (broad SMARTS) is 1. The number of aliphatic carboxylic acids is 1. The Hall–Kier alpha value is -6.58. The van der Waals surface area contributed by atoms with Gasteiger partial charge in [0.15, 0.2) is 0 Å². The molecule has 1 saturated heterocycles. The van der Waals surface area contributed by atoms with Crippen LogP contribution < -0.4 is 37.8 Å². The predicted octanol–water partition coefficient (Wildman–Crippen LogP) is 1.80. The van der Waals surface area contributed by atoms with E-state index in [0.29, 0.717) is 23.4 Å².